The summed E-state index contributed by atoms with van der Waals surface area (Å²) in [4.78, 5) is 0. The van der Waals surface area contributed by atoms with E-state index in [2.05, 4.69) is 25.2 Å². The van der Waals surface area contributed by atoms with Crippen LogP contribution >= 0.6 is 11.6 Å². The first-order valence-corrected chi connectivity index (χ1v) is 7.07. The standard InChI is InChI=1S/C16H20ClNO/c1-12(8-9-16-7-4-10-19-16)18-13(2)14-5-3-6-15(17)11-14/h3-7,10-13,18H,8-9H2,1-2H3. The predicted octanol–water partition coefficient (Wildman–Crippen LogP) is 4.60. The van der Waals surface area contributed by atoms with E-state index in [0.717, 1.165) is 23.6 Å². The summed E-state index contributed by atoms with van der Waals surface area (Å²) in [6, 6.07) is 12.7. The molecule has 2 atom stereocenters. The molecule has 19 heavy (non-hydrogen) atoms. The van der Waals surface area contributed by atoms with Crippen LogP contribution in [-0.2, 0) is 6.42 Å². The number of rotatable bonds is 6. The average Bonchev–Trinajstić information content (AvgIpc) is 2.89. The Labute approximate surface area is 119 Å². The Hall–Kier alpha value is -1.25. The lowest BCUT2D eigenvalue weighted by atomic mass is 10.1. The zero-order chi connectivity index (χ0) is 13.7. The van der Waals surface area contributed by atoms with E-state index in [0.29, 0.717) is 12.1 Å². The van der Waals surface area contributed by atoms with Crippen molar-refractivity contribution in [3.05, 3.63) is 59.0 Å². The maximum Gasteiger partial charge on any atom is 0.103 e. The van der Waals surface area contributed by atoms with Gasteiger partial charge in [0.15, 0.2) is 0 Å². The van der Waals surface area contributed by atoms with E-state index in [4.69, 9.17) is 16.0 Å². The summed E-state index contributed by atoms with van der Waals surface area (Å²) in [5, 5.41) is 4.37. The molecular formula is C16H20ClNO. The summed E-state index contributed by atoms with van der Waals surface area (Å²) in [7, 11) is 0. The van der Waals surface area contributed by atoms with Gasteiger partial charge in [-0.2, -0.15) is 0 Å². The van der Waals surface area contributed by atoms with E-state index in [-0.39, 0.29) is 0 Å². The van der Waals surface area contributed by atoms with Crippen molar-refractivity contribution in [2.75, 3.05) is 0 Å². The number of hydrogen-bond donors (Lipinski definition) is 1. The summed E-state index contributed by atoms with van der Waals surface area (Å²) < 4.78 is 5.34. The SMILES string of the molecule is CC(CCc1ccco1)NC(C)c1cccc(Cl)c1. The fourth-order valence-corrected chi connectivity index (χ4v) is 2.39. The Morgan fingerprint density at radius 2 is 2.05 bits per heavy atom. The predicted molar refractivity (Wildman–Crippen MR) is 79.5 cm³/mol. The fraction of sp³-hybridized carbons (Fsp3) is 0.375. The molecule has 0 saturated heterocycles. The zero-order valence-corrected chi connectivity index (χ0v) is 12.2. The van der Waals surface area contributed by atoms with Gasteiger partial charge in [-0.1, -0.05) is 23.7 Å². The molecule has 2 unspecified atom stereocenters. The molecule has 0 spiro atoms. The molecule has 2 rings (SSSR count). The molecule has 0 saturated carbocycles. The van der Waals surface area contributed by atoms with Gasteiger partial charge < -0.3 is 9.73 Å². The number of halogens is 1. The summed E-state index contributed by atoms with van der Waals surface area (Å²) >= 11 is 6.01. The van der Waals surface area contributed by atoms with Gasteiger partial charge in [-0.3, -0.25) is 0 Å². The average molecular weight is 278 g/mol. The van der Waals surface area contributed by atoms with Gasteiger partial charge in [0.1, 0.15) is 5.76 Å². The molecule has 102 valence electrons. The van der Waals surface area contributed by atoms with Crippen LogP contribution in [0.25, 0.3) is 0 Å². The van der Waals surface area contributed by atoms with Crippen LogP contribution in [0.2, 0.25) is 5.02 Å². The van der Waals surface area contributed by atoms with Crippen LogP contribution in [0, 0.1) is 0 Å². The van der Waals surface area contributed by atoms with E-state index in [9.17, 15) is 0 Å². The van der Waals surface area contributed by atoms with Gasteiger partial charge in [0.05, 0.1) is 6.26 Å². The number of hydrogen-bond acceptors (Lipinski definition) is 2. The van der Waals surface area contributed by atoms with Crippen molar-refractivity contribution >= 4 is 11.6 Å². The number of benzene rings is 1. The fourth-order valence-electron chi connectivity index (χ4n) is 2.20. The Morgan fingerprint density at radius 1 is 1.21 bits per heavy atom. The molecule has 0 amide bonds. The lowest BCUT2D eigenvalue weighted by Gasteiger charge is -2.20. The third kappa shape index (κ3) is 4.41. The molecule has 3 heteroatoms. The Kier molecular flexibility index (Phi) is 5.06. The van der Waals surface area contributed by atoms with Crippen LogP contribution in [0.1, 0.15) is 37.6 Å². The van der Waals surface area contributed by atoms with E-state index in [1.165, 1.54) is 5.56 Å². The van der Waals surface area contributed by atoms with E-state index in [1.54, 1.807) is 6.26 Å². The van der Waals surface area contributed by atoms with E-state index >= 15 is 0 Å². The van der Waals surface area contributed by atoms with E-state index < -0.39 is 0 Å². The van der Waals surface area contributed by atoms with Crippen molar-refractivity contribution in [1.29, 1.82) is 0 Å². The molecule has 1 aromatic heterocycles. The summed E-state index contributed by atoms with van der Waals surface area (Å²) in [6.45, 7) is 4.36. The normalized spacial score (nSPS) is 14.3. The van der Waals surface area contributed by atoms with Crippen LogP contribution in [0.4, 0.5) is 0 Å². The van der Waals surface area contributed by atoms with Crippen LogP contribution < -0.4 is 5.32 Å². The topological polar surface area (TPSA) is 25.2 Å². The van der Waals surface area contributed by atoms with Gasteiger partial charge in [-0.25, -0.2) is 0 Å². The Bertz CT molecular complexity index is 495. The molecule has 0 bridgehead atoms. The first kappa shape index (κ1) is 14.2. The molecule has 0 aliphatic carbocycles. The monoisotopic (exact) mass is 277 g/mol. The van der Waals surface area contributed by atoms with Crippen LogP contribution in [0.15, 0.2) is 47.1 Å². The minimum atomic E-state index is 0.297. The van der Waals surface area contributed by atoms with Gasteiger partial charge in [-0.05, 0) is 50.1 Å². The minimum Gasteiger partial charge on any atom is -0.469 e. The van der Waals surface area contributed by atoms with Gasteiger partial charge in [0, 0.05) is 23.5 Å². The molecule has 2 nitrogen and oxygen atoms in total. The first-order valence-electron chi connectivity index (χ1n) is 6.69. The molecular weight excluding hydrogens is 258 g/mol. The second-order valence-electron chi connectivity index (χ2n) is 4.96. The maximum atomic E-state index is 6.01. The van der Waals surface area contributed by atoms with Crippen molar-refractivity contribution in [2.24, 2.45) is 0 Å². The second kappa shape index (κ2) is 6.78. The molecule has 0 aliphatic heterocycles. The second-order valence-corrected chi connectivity index (χ2v) is 5.40. The quantitative estimate of drug-likeness (QED) is 0.834. The zero-order valence-electron chi connectivity index (χ0n) is 11.4. The largest absolute Gasteiger partial charge is 0.469 e. The highest BCUT2D eigenvalue weighted by Crippen LogP contribution is 2.18. The molecule has 2 aromatic rings. The molecule has 0 radical (unpaired) electrons. The van der Waals surface area contributed by atoms with Crippen LogP contribution in [0.5, 0.6) is 0 Å². The van der Waals surface area contributed by atoms with Gasteiger partial charge in [0.2, 0.25) is 0 Å². The van der Waals surface area contributed by atoms with E-state index in [1.807, 2.05) is 30.3 Å². The number of nitrogens with one attached hydrogen (secondary N) is 1. The molecule has 1 N–H and O–H groups in total. The molecule has 0 fully saturated rings. The number of aryl methyl sites for hydroxylation is 1. The molecule has 0 aliphatic rings. The van der Waals surface area contributed by atoms with Crippen molar-refractivity contribution in [2.45, 2.75) is 38.8 Å². The number of furan rings is 1. The van der Waals surface area contributed by atoms with Gasteiger partial charge in [0.25, 0.3) is 0 Å². The smallest absolute Gasteiger partial charge is 0.103 e. The highest BCUT2D eigenvalue weighted by atomic mass is 35.5. The summed E-state index contributed by atoms with van der Waals surface area (Å²) in [5.74, 6) is 1.05. The highest BCUT2D eigenvalue weighted by Gasteiger charge is 2.10. The lowest BCUT2D eigenvalue weighted by Crippen LogP contribution is -2.29. The third-order valence-corrected chi connectivity index (χ3v) is 3.52. The summed E-state index contributed by atoms with van der Waals surface area (Å²) in [6.07, 6.45) is 3.74. The Balaban J connectivity index is 1.83. The van der Waals surface area contributed by atoms with Crippen molar-refractivity contribution in [1.82, 2.24) is 5.32 Å². The first-order chi connectivity index (χ1) is 9.15. The summed E-state index contributed by atoms with van der Waals surface area (Å²) in [5.41, 5.74) is 1.22. The van der Waals surface area contributed by atoms with Crippen LogP contribution in [0.3, 0.4) is 0 Å². The Morgan fingerprint density at radius 3 is 2.74 bits per heavy atom. The van der Waals surface area contributed by atoms with Crippen molar-refractivity contribution < 1.29 is 4.42 Å². The highest BCUT2D eigenvalue weighted by molar-refractivity contribution is 6.30. The van der Waals surface area contributed by atoms with Crippen molar-refractivity contribution in [3.8, 4) is 0 Å². The third-order valence-electron chi connectivity index (χ3n) is 3.29. The van der Waals surface area contributed by atoms with Gasteiger partial charge in [-0.15, -0.1) is 0 Å². The molecule has 1 aromatic carbocycles. The van der Waals surface area contributed by atoms with Crippen molar-refractivity contribution in [3.63, 3.8) is 0 Å². The lowest BCUT2D eigenvalue weighted by molar-refractivity contribution is 0.430. The van der Waals surface area contributed by atoms with Gasteiger partial charge >= 0.3 is 0 Å². The molecule has 1 heterocycles. The maximum absolute atomic E-state index is 6.01. The minimum absolute atomic E-state index is 0.297. The van der Waals surface area contributed by atoms with Crippen LogP contribution in [-0.4, -0.2) is 6.04 Å².